The number of hydrogen-bond acceptors (Lipinski definition) is 3. The van der Waals surface area contributed by atoms with Gasteiger partial charge in [0, 0.05) is 6.04 Å². The molecule has 3 nitrogen and oxygen atoms in total. The van der Waals surface area contributed by atoms with Crippen molar-refractivity contribution >= 4 is 0 Å². The quantitative estimate of drug-likeness (QED) is 0.887. The summed E-state index contributed by atoms with van der Waals surface area (Å²) >= 11 is 0. The third-order valence-electron chi connectivity index (χ3n) is 3.76. The molecule has 1 aliphatic rings. The Kier molecular flexibility index (Phi) is 4.19. The molecule has 2 rings (SSSR count). The van der Waals surface area contributed by atoms with Crippen LogP contribution in [0.1, 0.15) is 18.0 Å². The van der Waals surface area contributed by atoms with E-state index in [4.69, 9.17) is 4.74 Å². The third-order valence-corrected chi connectivity index (χ3v) is 3.76. The Bertz CT molecular complexity index is 409. The van der Waals surface area contributed by atoms with Crippen molar-refractivity contribution in [3.05, 3.63) is 29.6 Å². The first-order valence-corrected chi connectivity index (χ1v) is 6.35. The largest absolute Gasteiger partial charge is 0.494 e. The molecule has 1 aliphatic heterocycles. The summed E-state index contributed by atoms with van der Waals surface area (Å²) in [5.74, 6) is 0.566. The molecule has 0 radical (unpaired) electrons. The van der Waals surface area contributed by atoms with Crippen LogP contribution in [0, 0.1) is 11.7 Å². The van der Waals surface area contributed by atoms with Gasteiger partial charge in [-0.3, -0.25) is 4.90 Å². The lowest BCUT2D eigenvalue weighted by atomic mass is 9.93. The maximum absolute atomic E-state index is 13.8. The first kappa shape index (κ1) is 13.3. The van der Waals surface area contributed by atoms with Gasteiger partial charge in [0.25, 0.3) is 0 Å². The number of methoxy groups -OCH3 is 1. The van der Waals surface area contributed by atoms with Gasteiger partial charge in [0.1, 0.15) is 0 Å². The van der Waals surface area contributed by atoms with Gasteiger partial charge in [-0.25, -0.2) is 4.39 Å². The average molecular weight is 252 g/mol. The minimum Gasteiger partial charge on any atom is -0.494 e. The molecule has 0 spiro atoms. The molecule has 0 amide bonds. The second-order valence-electron chi connectivity index (χ2n) is 4.93. The highest BCUT2D eigenvalue weighted by Gasteiger charge is 2.32. The number of rotatable bonds is 4. The number of benzene rings is 1. The van der Waals surface area contributed by atoms with E-state index in [0.29, 0.717) is 11.7 Å². The van der Waals surface area contributed by atoms with Crippen LogP contribution in [0.4, 0.5) is 4.39 Å². The summed E-state index contributed by atoms with van der Waals surface area (Å²) in [5, 5.41) is 3.22. The van der Waals surface area contributed by atoms with Crippen LogP contribution in [-0.4, -0.2) is 39.2 Å². The predicted molar refractivity (Wildman–Crippen MR) is 70.4 cm³/mol. The van der Waals surface area contributed by atoms with E-state index in [1.165, 1.54) is 7.11 Å². The van der Waals surface area contributed by atoms with E-state index in [2.05, 4.69) is 17.3 Å². The summed E-state index contributed by atoms with van der Waals surface area (Å²) in [6.45, 7) is 2.02. The van der Waals surface area contributed by atoms with E-state index in [0.717, 1.165) is 25.1 Å². The van der Waals surface area contributed by atoms with Crippen molar-refractivity contribution in [3.63, 3.8) is 0 Å². The van der Waals surface area contributed by atoms with Crippen LogP contribution in [0.2, 0.25) is 0 Å². The molecule has 2 unspecified atom stereocenters. The van der Waals surface area contributed by atoms with Crippen LogP contribution in [-0.2, 0) is 0 Å². The van der Waals surface area contributed by atoms with Crippen molar-refractivity contribution in [3.8, 4) is 5.75 Å². The lowest BCUT2D eigenvalue weighted by Gasteiger charge is -2.25. The second kappa shape index (κ2) is 5.67. The molecule has 1 aromatic carbocycles. The lowest BCUT2D eigenvalue weighted by molar-refractivity contribution is 0.273. The number of ether oxygens (including phenoxy) is 1. The van der Waals surface area contributed by atoms with Crippen molar-refractivity contribution in [1.82, 2.24) is 10.2 Å². The summed E-state index contributed by atoms with van der Waals surface area (Å²) in [6, 6.07) is 5.58. The van der Waals surface area contributed by atoms with Gasteiger partial charge in [-0.2, -0.15) is 0 Å². The summed E-state index contributed by atoms with van der Waals surface area (Å²) in [7, 11) is 5.55. The fourth-order valence-corrected chi connectivity index (χ4v) is 2.90. The summed E-state index contributed by atoms with van der Waals surface area (Å²) in [4.78, 5) is 2.29. The molecular weight excluding hydrogens is 231 g/mol. The van der Waals surface area contributed by atoms with Crippen molar-refractivity contribution in [2.45, 2.75) is 12.5 Å². The van der Waals surface area contributed by atoms with Crippen LogP contribution in [0.3, 0.4) is 0 Å². The highest BCUT2D eigenvalue weighted by atomic mass is 19.1. The maximum atomic E-state index is 13.8. The number of hydrogen-bond donors (Lipinski definition) is 1. The van der Waals surface area contributed by atoms with Crippen LogP contribution >= 0.6 is 0 Å². The number of likely N-dealkylation sites (tertiary alicyclic amines) is 1. The SMILES string of the molecule is CNCC1CCN(C)C1c1ccc(OC)c(F)c1. The molecule has 0 saturated carbocycles. The molecule has 0 aromatic heterocycles. The number of nitrogens with one attached hydrogen (secondary N) is 1. The van der Waals surface area contributed by atoms with Crippen LogP contribution in [0.25, 0.3) is 0 Å². The van der Waals surface area contributed by atoms with E-state index < -0.39 is 0 Å². The minimum atomic E-state index is -0.279. The van der Waals surface area contributed by atoms with Gasteiger partial charge in [0.15, 0.2) is 11.6 Å². The standard InChI is InChI=1S/C14H21FN2O/c1-16-9-11-6-7-17(2)14(11)10-4-5-13(18-3)12(15)8-10/h4-5,8,11,14,16H,6-7,9H2,1-3H3. The zero-order valence-electron chi connectivity index (χ0n) is 11.2. The Hall–Kier alpha value is -1.13. The zero-order valence-corrected chi connectivity index (χ0v) is 11.2. The highest BCUT2D eigenvalue weighted by molar-refractivity contribution is 5.32. The molecule has 1 saturated heterocycles. The van der Waals surface area contributed by atoms with Crippen molar-refractivity contribution < 1.29 is 9.13 Å². The molecule has 1 heterocycles. The number of nitrogens with zero attached hydrogens (tertiary/aromatic N) is 1. The average Bonchev–Trinajstić information content (AvgIpc) is 2.71. The van der Waals surface area contributed by atoms with Gasteiger partial charge >= 0.3 is 0 Å². The topological polar surface area (TPSA) is 24.5 Å². The normalized spacial score (nSPS) is 24.4. The van der Waals surface area contributed by atoms with Crippen LogP contribution in [0.15, 0.2) is 18.2 Å². The highest BCUT2D eigenvalue weighted by Crippen LogP contribution is 2.36. The fourth-order valence-electron chi connectivity index (χ4n) is 2.90. The van der Waals surface area contributed by atoms with Gasteiger partial charge in [-0.1, -0.05) is 6.07 Å². The molecule has 2 atom stereocenters. The zero-order chi connectivity index (χ0) is 13.1. The molecule has 1 N–H and O–H groups in total. The Labute approximate surface area is 108 Å². The van der Waals surface area contributed by atoms with Crippen molar-refractivity contribution in [2.24, 2.45) is 5.92 Å². The number of halogens is 1. The van der Waals surface area contributed by atoms with Gasteiger partial charge < -0.3 is 10.1 Å². The van der Waals surface area contributed by atoms with E-state index in [9.17, 15) is 4.39 Å². The monoisotopic (exact) mass is 252 g/mol. The second-order valence-corrected chi connectivity index (χ2v) is 4.93. The molecule has 1 aromatic rings. The van der Waals surface area contributed by atoms with Gasteiger partial charge in [0.2, 0.25) is 0 Å². The smallest absolute Gasteiger partial charge is 0.165 e. The molecule has 100 valence electrons. The maximum Gasteiger partial charge on any atom is 0.165 e. The van der Waals surface area contributed by atoms with E-state index in [1.807, 2.05) is 13.1 Å². The summed E-state index contributed by atoms with van der Waals surface area (Å²) in [6.07, 6.45) is 1.15. The third kappa shape index (κ3) is 2.49. The molecule has 1 fully saturated rings. The molecule has 0 bridgehead atoms. The first-order valence-electron chi connectivity index (χ1n) is 6.35. The molecule has 0 aliphatic carbocycles. The van der Waals surface area contributed by atoms with E-state index in [1.54, 1.807) is 12.1 Å². The van der Waals surface area contributed by atoms with E-state index >= 15 is 0 Å². The van der Waals surface area contributed by atoms with Gasteiger partial charge in [-0.05, 0) is 57.2 Å². The Morgan fingerprint density at radius 1 is 1.50 bits per heavy atom. The predicted octanol–water partition coefficient (Wildman–Crippen LogP) is 2.05. The van der Waals surface area contributed by atoms with E-state index in [-0.39, 0.29) is 11.9 Å². The minimum absolute atomic E-state index is 0.279. The summed E-state index contributed by atoms with van der Waals surface area (Å²) < 4.78 is 18.7. The molecule has 4 heteroatoms. The molecule has 18 heavy (non-hydrogen) atoms. The first-order chi connectivity index (χ1) is 8.67. The Morgan fingerprint density at radius 3 is 2.89 bits per heavy atom. The summed E-state index contributed by atoms with van der Waals surface area (Å²) in [5.41, 5.74) is 1.04. The Balaban J connectivity index is 2.25. The van der Waals surface area contributed by atoms with Crippen LogP contribution in [0.5, 0.6) is 5.75 Å². The van der Waals surface area contributed by atoms with Gasteiger partial charge in [-0.15, -0.1) is 0 Å². The fraction of sp³-hybridized carbons (Fsp3) is 0.571. The van der Waals surface area contributed by atoms with Crippen molar-refractivity contribution in [2.75, 3.05) is 34.3 Å². The van der Waals surface area contributed by atoms with Gasteiger partial charge in [0.05, 0.1) is 7.11 Å². The van der Waals surface area contributed by atoms with Crippen LogP contribution < -0.4 is 10.1 Å². The molecular formula is C14H21FN2O. The van der Waals surface area contributed by atoms with Crippen molar-refractivity contribution in [1.29, 1.82) is 0 Å². The lowest BCUT2D eigenvalue weighted by Crippen LogP contribution is -2.26. The Morgan fingerprint density at radius 2 is 2.28 bits per heavy atom.